The van der Waals surface area contributed by atoms with Crippen molar-refractivity contribution in [1.29, 1.82) is 0 Å². The van der Waals surface area contributed by atoms with Crippen LogP contribution in [0.4, 0.5) is 0 Å². The number of benzene rings is 2. The smallest absolute Gasteiger partial charge is 0.291 e. The summed E-state index contributed by atoms with van der Waals surface area (Å²) >= 11 is 0. The van der Waals surface area contributed by atoms with Crippen LogP contribution < -0.4 is 0 Å². The highest BCUT2D eigenvalue weighted by Gasteiger charge is 2.52. The van der Waals surface area contributed by atoms with Crippen LogP contribution >= 0.6 is 0 Å². The molecule has 1 saturated heterocycles. The van der Waals surface area contributed by atoms with Gasteiger partial charge in [-0.15, -0.1) is 0 Å². The number of fused-ring (bicyclic) bond motifs is 1. The topological polar surface area (TPSA) is 85.4 Å². The minimum Gasteiger partial charge on any atom is -0.453 e. The van der Waals surface area contributed by atoms with E-state index in [-0.39, 0.29) is 5.76 Å². The number of carbonyl (C=O) groups is 3. The lowest BCUT2D eigenvalue weighted by Crippen LogP contribution is -2.32. The van der Waals surface area contributed by atoms with E-state index < -0.39 is 29.4 Å². The highest BCUT2D eigenvalue weighted by atomic mass is 16.3. The molecule has 4 aromatic rings. The normalized spacial score (nSPS) is 18.2. The maximum absolute atomic E-state index is 13.6. The number of imidazole rings is 1. The summed E-state index contributed by atoms with van der Waals surface area (Å²) in [6.45, 7) is 5.21. The van der Waals surface area contributed by atoms with Crippen LogP contribution in [-0.4, -0.2) is 38.5 Å². The summed E-state index contributed by atoms with van der Waals surface area (Å²) in [7, 11) is 0. The van der Waals surface area contributed by atoms with Gasteiger partial charge in [0.15, 0.2) is 5.76 Å². The number of hydrogen-bond donors (Lipinski definition) is 0. The maximum Gasteiger partial charge on any atom is 0.291 e. The van der Waals surface area contributed by atoms with Gasteiger partial charge in [0.05, 0.1) is 12.4 Å². The van der Waals surface area contributed by atoms with Crippen LogP contribution in [-0.2, 0) is 16.1 Å². The van der Waals surface area contributed by atoms with Crippen LogP contribution in [0, 0.1) is 5.92 Å². The Morgan fingerprint density at radius 3 is 2.51 bits per heavy atom. The molecule has 3 heterocycles. The van der Waals surface area contributed by atoms with Crippen molar-refractivity contribution >= 4 is 28.4 Å². The summed E-state index contributed by atoms with van der Waals surface area (Å²) in [5, 5.41) is 0.780. The van der Waals surface area contributed by atoms with Crippen LogP contribution in [0.5, 0.6) is 0 Å². The second-order valence-electron chi connectivity index (χ2n) is 9.27. The number of Topliss-reactive ketones (excluding diaryl/α,β-unsaturated/α-hetero) is 2. The molecule has 5 rings (SSSR count). The molecule has 1 fully saturated rings. The summed E-state index contributed by atoms with van der Waals surface area (Å²) in [6, 6.07) is 16.1. The number of likely N-dealkylation sites (tertiary alicyclic amines) is 1. The van der Waals surface area contributed by atoms with Gasteiger partial charge in [-0.25, -0.2) is 4.98 Å². The third-order valence-electron chi connectivity index (χ3n) is 6.68. The molecule has 2 aromatic heterocycles. The van der Waals surface area contributed by atoms with E-state index in [1.807, 2.05) is 53.2 Å². The van der Waals surface area contributed by atoms with Gasteiger partial charge in [0.1, 0.15) is 11.5 Å². The SMILES string of the molecule is CC(C)c1ccc(C2C(C(=O)c3cc4ccccc4o3)C(=O)C(=O)N2CCCn2ccnc2)cc1. The van der Waals surface area contributed by atoms with Gasteiger partial charge in [0.2, 0.25) is 11.6 Å². The number of carbonyl (C=O) groups excluding carboxylic acids is 3. The summed E-state index contributed by atoms with van der Waals surface area (Å²) in [6.07, 6.45) is 5.90. The Morgan fingerprint density at radius 1 is 1.06 bits per heavy atom. The number of para-hydroxylation sites is 1. The summed E-state index contributed by atoms with van der Waals surface area (Å²) in [4.78, 5) is 45.6. The number of amides is 1. The van der Waals surface area contributed by atoms with E-state index in [0.29, 0.717) is 31.0 Å². The Balaban J connectivity index is 1.49. The zero-order chi connectivity index (χ0) is 24.5. The van der Waals surface area contributed by atoms with Gasteiger partial charge in [0, 0.05) is 30.9 Å². The Bertz CT molecular complexity index is 1340. The van der Waals surface area contributed by atoms with Crippen molar-refractivity contribution in [2.24, 2.45) is 5.92 Å². The van der Waals surface area contributed by atoms with Gasteiger partial charge in [0.25, 0.3) is 5.91 Å². The monoisotopic (exact) mass is 469 g/mol. The lowest BCUT2D eigenvalue weighted by atomic mass is 9.87. The molecule has 1 amide bonds. The van der Waals surface area contributed by atoms with Crippen LogP contribution in [0.2, 0.25) is 0 Å². The first-order chi connectivity index (χ1) is 16.9. The van der Waals surface area contributed by atoms with Crippen molar-refractivity contribution in [2.45, 2.75) is 38.8 Å². The van der Waals surface area contributed by atoms with Crippen molar-refractivity contribution in [3.63, 3.8) is 0 Å². The van der Waals surface area contributed by atoms with Crippen molar-refractivity contribution in [1.82, 2.24) is 14.5 Å². The Hall–Kier alpha value is -4.00. The number of rotatable bonds is 8. The first kappa shape index (κ1) is 22.8. The number of furan rings is 1. The van der Waals surface area contributed by atoms with E-state index in [2.05, 4.69) is 18.8 Å². The van der Waals surface area contributed by atoms with E-state index in [9.17, 15) is 14.4 Å². The maximum atomic E-state index is 13.6. The fraction of sp³-hybridized carbons (Fsp3) is 0.286. The molecule has 0 aliphatic carbocycles. The predicted molar refractivity (Wildman–Crippen MR) is 131 cm³/mol. The molecule has 2 unspecified atom stereocenters. The van der Waals surface area contributed by atoms with Gasteiger partial charge in [-0.05, 0) is 35.6 Å². The number of hydrogen-bond acceptors (Lipinski definition) is 5. The highest BCUT2D eigenvalue weighted by molar-refractivity contribution is 6.43. The standard InChI is InChI=1S/C28H27N3O4/c1-18(2)19-8-10-20(11-9-19)25-24(26(32)23-16-21-6-3-4-7-22(21)35-23)27(33)28(34)31(25)14-5-13-30-15-12-29-17-30/h3-4,6-12,15-18,24-25H,5,13-14H2,1-2H3. The first-order valence-electron chi connectivity index (χ1n) is 11.9. The first-order valence-corrected chi connectivity index (χ1v) is 11.9. The molecule has 1 aliphatic heterocycles. The highest BCUT2D eigenvalue weighted by Crippen LogP contribution is 2.39. The molecule has 7 nitrogen and oxygen atoms in total. The molecule has 0 radical (unpaired) electrons. The predicted octanol–water partition coefficient (Wildman–Crippen LogP) is 4.79. The molecule has 2 aromatic carbocycles. The molecule has 1 aliphatic rings. The summed E-state index contributed by atoms with van der Waals surface area (Å²) in [5.74, 6) is -2.48. The lowest BCUT2D eigenvalue weighted by Gasteiger charge is -2.27. The molecule has 0 spiro atoms. The van der Waals surface area contributed by atoms with E-state index in [1.54, 1.807) is 29.6 Å². The second-order valence-corrected chi connectivity index (χ2v) is 9.27. The number of nitrogens with zero attached hydrogens (tertiary/aromatic N) is 3. The molecule has 178 valence electrons. The number of aryl methyl sites for hydroxylation is 1. The van der Waals surface area contributed by atoms with E-state index in [4.69, 9.17) is 4.42 Å². The van der Waals surface area contributed by atoms with Gasteiger partial charge in [-0.3, -0.25) is 14.4 Å². The van der Waals surface area contributed by atoms with Crippen LogP contribution in [0.1, 0.15) is 53.9 Å². The lowest BCUT2D eigenvalue weighted by molar-refractivity contribution is -0.140. The van der Waals surface area contributed by atoms with E-state index in [0.717, 1.165) is 16.5 Å². The molecule has 0 bridgehead atoms. The quantitative estimate of drug-likeness (QED) is 0.210. The fourth-order valence-corrected chi connectivity index (χ4v) is 4.78. The van der Waals surface area contributed by atoms with Crippen molar-refractivity contribution in [2.75, 3.05) is 6.54 Å². The fourth-order valence-electron chi connectivity index (χ4n) is 4.78. The zero-order valence-electron chi connectivity index (χ0n) is 19.8. The Kier molecular flexibility index (Phi) is 6.07. The van der Waals surface area contributed by atoms with Crippen molar-refractivity contribution < 1.29 is 18.8 Å². The molecule has 0 N–H and O–H groups in total. The summed E-state index contributed by atoms with van der Waals surface area (Å²) < 4.78 is 7.71. The third kappa shape index (κ3) is 4.30. The Morgan fingerprint density at radius 2 is 1.83 bits per heavy atom. The van der Waals surface area contributed by atoms with E-state index in [1.165, 1.54) is 0 Å². The molecule has 7 heteroatoms. The minimum atomic E-state index is -1.15. The molecule has 0 saturated carbocycles. The van der Waals surface area contributed by atoms with Crippen LogP contribution in [0.15, 0.2) is 77.7 Å². The average molecular weight is 470 g/mol. The molecular formula is C28H27N3O4. The van der Waals surface area contributed by atoms with Gasteiger partial charge < -0.3 is 13.9 Å². The van der Waals surface area contributed by atoms with Gasteiger partial charge >= 0.3 is 0 Å². The number of aromatic nitrogens is 2. The van der Waals surface area contributed by atoms with Crippen LogP contribution in [0.25, 0.3) is 11.0 Å². The van der Waals surface area contributed by atoms with Gasteiger partial charge in [-0.1, -0.05) is 56.3 Å². The average Bonchev–Trinajstić information content (AvgIpc) is 3.59. The molecular weight excluding hydrogens is 442 g/mol. The van der Waals surface area contributed by atoms with E-state index >= 15 is 0 Å². The van der Waals surface area contributed by atoms with Crippen LogP contribution in [0.3, 0.4) is 0 Å². The zero-order valence-corrected chi connectivity index (χ0v) is 19.8. The van der Waals surface area contributed by atoms with Crippen molar-refractivity contribution in [3.05, 3.63) is 90.2 Å². The van der Waals surface area contributed by atoms with Gasteiger partial charge in [-0.2, -0.15) is 0 Å². The molecule has 35 heavy (non-hydrogen) atoms. The second kappa shape index (κ2) is 9.33. The third-order valence-corrected chi connectivity index (χ3v) is 6.68. The minimum absolute atomic E-state index is 0.0985. The largest absolute Gasteiger partial charge is 0.453 e. The Labute approximate surface area is 203 Å². The summed E-state index contributed by atoms with van der Waals surface area (Å²) in [5.41, 5.74) is 2.49. The molecule has 2 atom stereocenters. The number of ketones is 2. The van der Waals surface area contributed by atoms with Crippen molar-refractivity contribution in [3.8, 4) is 0 Å².